The van der Waals surface area contributed by atoms with E-state index in [-0.39, 0.29) is 18.2 Å². The number of fused-ring (bicyclic) bond motifs is 3. The Hall–Kier alpha value is -2.61. The van der Waals surface area contributed by atoms with Crippen molar-refractivity contribution in [2.24, 2.45) is 0 Å². The van der Waals surface area contributed by atoms with Crippen molar-refractivity contribution in [2.75, 3.05) is 14.1 Å². The summed E-state index contributed by atoms with van der Waals surface area (Å²) in [6.45, 7) is 1.74. The average molecular weight is 371 g/mol. The number of hydrogen-bond donors (Lipinski definition) is 2. The lowest BCUT2D eigenvalue weighted by Crippen LogP contribution is -2.31. The van der Waals surface area contributed by atoms with Gasteiger partial charge in [-0.3, -0.25) is 0 Å². The quantitative estimate of drug-likeness (QED) is 0.737. The van der Waals surface area contributed by atoms with Gasteiger partial charge in [-0.25, -0.2) is 14.8 Å². The highest BCUT2D eigenvalue weighted by Crippen LogP contribution is 2.37. The molecule has 2 N–H and O–H groups in total. The second-order valence-corrected chi connectivity index (χ2v) is 7.46. The summed E-state index contributed by atoms with van der Waals surface area (Å²) >= 11 is 0. The Kier molecular flexibility index (Phi) is 4.51. The van der Waals surface area contributed by atoms with E-state index in [0.29, 0.717) is 5.82 Å². The highest BCUT2D eigenvalue weighted by Gasteiger charge is 2.29. The highest BCUT2D eigenvalue weighted by atomic mass is 16.6. The number of aromatic amines is 1. The Balaban J connectivity index is 1.66. The normalized spacial score (nSPS) is 21.5. The first kappa shape index (κ1) is 17.8. The van der Waals surface area contributed by atoms with Gasteiger partial charge in [-0.05, 0) is 38.7 Å². The van der Waals surface area contributed by atoms with Crippen molar-refractivity contribution in [2.45, 2.75) is 50.9 Å². The Morgan fingerprint density at radius 2 is 2.11 bits per heavy atom. The van der Waals surface area contributed by atoms with Crippen molar-refractivity contribution in [1.29, 1.82) is 0 Å². The molecule has 1 fully saturated rings. The summed E-state index contributed by atoms with van der Waals surface area (Å²) in [6.07, 6.45) is 5.92. The number of nitrogens with one attached hydrogen (secondary N) is 1. The van der Waals surface area contributed by atoms with Gasteiger partial charge in [-0.15, -0.1) is 0 Å². The molecule has 0 unspecified atom stereocenters. The molecular weight excluding hydrogens is 346 g/mol. The minimum Gasteiger partial charge on any atom is -0.446 e. The third-order valence-electron chi connectivity index (χ3n) is 5.28. The molecule has 3 heterocycles. The van der Waals surface area contributed by atoms with Crippen LogP contribution in [0.5, 0.6) is 0 Å². The molecular formula is C19H25N5O3. The molecule has 1 aliphatic carbocycles. The fourth-order valence-corrected chi connectivity index (χ4v) is 3.94. The van der Waals surface area contributed by atoms with Crippen LogP contribution in [0.2, 0.25) is 0 Å². The number of amides is 1. The number of pyridine rings is 1. The van der Waals surface area contributed by atoms with Gasteiger partial charge in [0.2, 0.25) is 0 Å². The van der Waals surface area contributed by atoms with Crippen molar-refractivity contribution in [3.8, 4) is 0 Å². The zero-order chi connectivity index (χ0) is 19.1. The van der Waals surface area contributed by atoms with E-state index in [1.807, 2.05) is 12.3 Å². The average Bonchev–Trinajstić information content (AvgIpc) is 3.26. The van der Waals surface area contributed by atoms with Gasteiger partial charge in [0, 0.05) is 31.7 Å². The lowest BCUT2D eigenvalue weighted by molar-refractivity contribution is 0.0473. The summed E-state index contributed by atoms with van der Waals surface area (Å²) in [4.78, 5) is 25.5. The number of aromatic nitrogens is 4. The number of nitrogens with zero attached hydrogens (tertiary/aromatic N) is 4. The number of aliphatic hydroxyl groups is 1. The Labute approximate surface area is 157 Å². The molecule has 1 amide bonds. The maximum atomic E-state index is 11.8. The number of imidazole rings is 1. The van der Waals surface area contributed by atoms with Crippen LogP contribution < -0.4 is 0 Å². The molecule has 1 aliphatic rings. The third kappa shape index (κ3) is 3.14. The van der Waals surface area contributed by atoms with E-state index in [1.165, 1.54) is 4.90 Å². The molecule has 4 rings (SSSR count). The van der Waals surface area contributed by atoms with Gasteiger partial charge in [0.25, 0.3) is 0 Å². The van der Waals surface area contributed by atoms with E-state index >= 15 is 0 Å². The SMILES string of the molecule is C[C@@H](O)c1nc2cnc3[nH]ccc3c2n1[C@H]1CC[C@H](OC(=O)N(C)C)CC1. The van der Waals surface area contributed by atoms with E-state index in [4.69, 9.17) is 4.74 Å². The molecule has 0 aromatic carbocycles. The van der Waals surface area contributed by atoms with Gasteiger partial charge in [-0.2, -0.15) is 0 Å². The molecule has 1 saturated carbocycles. The summed E-state index contributed by atoms with van der Waals surface area (Å²) < 4.78 is 7.71. The second kappa shape index (κ2) is 6.84. The van der Waals surface area contributed by atoms with Crippen LogP contribution in [0.4, 0.5) is 4.79 Å². The lowest BCUT2D eigenvalue weighted by atomic mass is 9.92. The molecule has 3 aromatic heterocycles. The van der Waals surface area contributed by atoms with Gasteiger partial charge >= 0.3 is 6.09 Å². The number of aliphatic hydroxyl groups excluding tert-OH is 1. The minimum absolute atomic E-state index is 0.0603. The van der Waals surface area contributed by atoms with E-state index in [2.05, 4.69) is 19.5 Å². The number of hydrogen-bond acceptors (Lipinski definition) is 5. The molecule has 1 atom stereocenters. The number of carbonyl (C=O) groups is 1. The van der Waals surface area contributed by atoms with Crippen LogP contribution >= 0.6 is 0 Å². The molecule has 0 aliphatic heterocycles. The van der Waals surface area contributed by atoms with E-state index < -0.39 is 6.10 Å². The number of ether oxygens (including phenoxy) is 1. The summed E-state index contributed by atoms with van der Waals surface area (Å²) in [5.74, 6) is 0.661. The van der Waals surface area contributed by atoms with Crippen molar-refractivity contribution in [3.63, 3.8) is 0 Å². The van der Waals surface area contributed by atoms with Gasteiger partial charge < -0.3 is 24.3 Å². The largest absolute Gasteiger partial charge is 0.446 e. The van der Waals surface area contributed by atoms with Crippen molar-refractivity contribution in [3.05, 3.63) is 24.3 Å². The first-order valence-electron chi connectivity index (χ1n) is 9.35. The summed E-state index contributed by atoms with van der Waals surface area (Å²) in [6, 6.07) is 2.20. The van der Waals surface area contributed by atoms with Gasteiger partial charge in [0.1, 0.15) is 29.2 Å². The maximum Gasteiger partial charge on any atom is 0.409 e. The Morgan fingerprint density at radius 3 is 2.78 bits per heavy atom. The topological polar surface area (TPSA) is 96.3 Å². The van der Waals surface area contributed by atoms with Crippen LogP contribution in [0.25, 0.3) is 22.1 Å². The Morgan fingerprint density at radius 1 is 1.37 bits per heavy atom. The monoisotopic (exact) mass is 371 g/mol. The van der Waals surface area contributed by atoms with Gasteiger partial charge in [-0.1, -0.05) is 0 Å². The number of rotatable bonds is 3. The van der Waals surface area contributed by atoms with E-state index in [1.54, 1.807) is 27.2 Å². The number of H-pyrrole nitrogens is 1. The summed E-state index contributed by atoms with van der Waals surface area (Å²) in [5, 5.41) is 11.3. The molecule has 8 heteroatoms. The summed E-state index contributed by atoms with van der Waals surface area (Å²) in [7, 11) is 3.38. The van der Waals surface area contributed by atoms with Gasteiger partial charge in [0.05, 0.1) is 11.7 Å². The van der Waals surface area contributed by atoms with Crippen LogP contribution in [0.1, 0.15) is 50.6 Å². The first-order valence-corrected chi connectivity index (χ1v) is 9.35. The van der Waals surface area contributed by atoms with Crippen LogP contribution in [-0.2, 0) is 4.74 Å². The molecule has 0 bridgehead atoms. The summed E-state index contributed by atoms with van der Waals surface area (Å²) in [5.41, 5.74) is 2.61. The molecule has 27 heavy (non-hydrogen) atoms. The van der Waals surface area contributed by atoms with E-state index in [0.717, 1.165) is 47.8 Å². The predicted octanol–water partition coefficient (Wildman–Crippen LogP) is 3.15. The number of carbonyl (C=O) groups excluding carboxylic acids is 1. The van der Waals surface area contributed by atoms with Gasteiger partial charge in [0.15, 0.2) is 0 Å². The molecule has 0 spiro atoms. The van der Waals surface area contributed by atoms with Crippen molar-refractivity contribution in [1.82, 2.24) is 24.4 Å². The van der Waals surface area contributed by atoms with E-state index in [9.17, 15) is 9.90 Å². The minimum atomic E-state index is -0.671. The van der Waals surface area contributed by atoms with Crippen LogP contribution in [0.15, 0.2) is 18.5 Å². The molecule has 3 aromatic rings. The predicted molar refractivity (Wildman–Crippen MR) is 101 cm³/mol. The fourth-order valence-electron chi connectivity index (χ4n) is 3.94. The zero-order valence-electron chi connectivity index (χ0n) is 15.8. The zero-order valence-corrected chi connectivity index (χ0v) is 15.8. The molecule has 144 valence electrons. The first-order chi connectivity index (χ1) is 13.0. The fraction of sp³-hybridized carbons (Fsp3) is 0.526. The third-order valence-corrected chi connectivity index (χ3v) is 5.28. The van der Waals surface area contributed by atoms with Crippen LogP contribution in [-0.4, -0.2) is 55.8 Å². The smallest absolute Gasteiger partial charge is 0.409 e. The lowest BCUT2D eigenvalue weighted by Gasteiger charge is -2.31. The van der Waals surface area contributed by atoms with Crippen molar-refractivity contribution >= 4 is 28.2 Å². The molecule has 8 nitrogen and oxygen atoms in total. The maximum absolute atomic E-state index is 11.8. The highest BCUT2D eigenvalue weighted by molar-refractivity contribution is 6.01. The Bertz CT molecular complexity index is 966. The van der Waals surface area contributed by atoms with Crippen LogP contribution in [0, 0.1) is 0 Å². The molecule has 0 radical (unpaired) electrons. The van der Waals surface area contributed by atoms with Crippen LogP contribution in [0.3, 0.4) is 0 Å². The second-order valence-electron chi connectivity index (χ2n) is 7.46. The molecule has 0 saturated heterocycles. The standard InChI is InChI=1S/C19H25N5O3/c1-11(25)18-22-15-10-21-17-14(8-9-20-17)16(15)24(18)12-4-6-13(7-5-12)27-19(26)23(2)3/h8-13,25H,4-7H2,1-3H3,(H,20,21)/t11-,12-,13-/m1/s1. The van der Waals surface area contributed by atoms with Crippen molar-refractivity contribution < 1.29 is 14.6 Å².